The van der Waals surface area contributed by atoms with E-state index in [1.807, 2.05) is 0 Å². The molecular formula is C37H42FN7O3. The lowest BCUT2D eigenvalue weighted by molar-refractivity contribution is -0.131. The predicted molar refractivity (Wildman–Crippen MR) is 183 cm³/mol. The summed E-state index contributed by atoms with van der Waals surface area (Å²) >= 11 is 0. The molecule has 1 unspecified atom stereocenters. The zero-order valence-corrected chi connectivity index (χ0v) is 27.8. The Hall–Kier alpha value is -4.71. The molecule has 10 nitrogen and oxygen atoms in total. The van der Waals surface area contributed by atoms with E-state index < -0.39 is 17.8 Å². The topological polar surface area (TPSA) is 109 Å². The molecule has 0 saturated carbocycles. The molecule has 2 saturated heterocycles. The van der Waals surface area contributed by atoms with Crippen molar-refractivity contribution in [3.8, 4) is 18.0 Å². The first-order valence-corrected chi connectivity index (χ1v) is 16.7. The number of amides is 1. The normalized spacial score (nSPS) is 18.7. The first-order valence-electron chi connectivity index (χ1n) is 16.7. The number of carbonyl (C=O) groups excluding carboxylic acids is 1. The number of pyridine rings is 1. The number of carbonyl (C=O) groups is 1. The van der Waals surface area contributed by atoms with E-state index in [0.717, 1.165) is 61.7 Å². The molecule has 3 aliphatic rings. The van der Waals surface area contributed by atoms with Crippen LogP contribution in [0.4, 0.5) is 15.8 Å². The number of anilines is 2. The third-order valence-corrected chi connectivity index (χ3v) is 9.88. The number of ether oxygens (including phenoxy) is 2. The summed E-state index contributed by atoms with van der Waals surface area (Å²) in [7, 11) is 1.71. The fourth-order valence-electron chi connectivity index (χ4n) is 7.44. The highest BCUT2D eigenvalue weighted by Gasteiger charge is 2.36. The molecule has 1 atom stereocenters. The third kappa shape index (κ3) is 6.66. The van der Waals surface area contributed by atoms with Crippen LogP contribution in [-0.2, 0) is 22.5 Å². The zero-order valence-electron chi connectivity index (χ0n) is 27.8. The Bertz CT molecular complexity index is 1770. The summed E-state index contributed by atoms with van der Waals surface area (Å²) in [5.41, 5.74) is 5.29. The summed E-state index contributed by atoms with van der Waals surface area (Å²) in [5, 5.41) is 22.7. The number of halogens is 1. The molecule has 0 bridgehead atoms. The summed E-state index contributed by atoms with van der Waals surface area (Å²) in [5.74, 6) is -1.52. The van der Waals surface area contributed by atoms with Gasteiger partial charge in [-0.05, 0) is 43.2 Å². The van der Waals surface area contributed by atoms with Crippen LogP contribution in [0.1, 0.15) is 41.6 Å². The van der Waals surface area contributed by atoms with Crippen molar-refractivity contribution in [2.75, 3.05) is 69.3 Å². The summed E-state index contributed by atoms with van der Waals surface area (Å²) in [6.07, 6.45) is 2.20. The van der Waals surface area contributed by atoms with Crippen LogP contribution in [0.2, 0.25) is 0 Å². The van der Waals surface area contributed by atoms with Gasteiger partial charge in [-0.25, -0.2) is 9.37 Å². The second kappa shape index (κ2) is 14.6. The van der Waals surface area contributed by atoms with Gasteiger partial charge in [-0.1, -0.05) is 36.9 Å². The number of methoxy groups -OCH3 is 1. The SMILES string of the molecule is C=C(F)C(=O)N1CCN(c2c(C#N)c(OC3CCN(CCOC)CC3)nc3c2CCN(c2cccc4cccc(C)c24)C3)CC1CC#N. The first kappa shape index (κ1) is 33.2. The molecular weight excluding hydrogens is 609 g/mol. The van der Waals surface area contributed by atoms with Crippen molar-refractivity contribution in [2.45, 2.75) is 51.3 Å². The molecule has 4 heterocycles. The van der Waals surface area contributed by atoms with E-state index in [1.165, 1.54) is 21.2 Å². The highest BCUT2D eigenvalue weighted by molar-refractivity contribution is 5.97. The Morgan fingerprint density at radius 2 is 1.85 bits per heavy atom. The van der Waals surface area contributed by atoms with Crippen LogP contribution in [-0.4, -0.2) is 92.4 Å². The van der Waals surface area contributed by atoms with Gasteiger partial charge < -0.3 is 29.1 Å². The van der Waals surface area contributed by atoms with Gasteiger partial charge in [-0.3, -0.25) is 4.79 Å². The van der Waals surface area contributed by atoms with E-state index in [2.05, 4.69) is 76.7 Å². The monoisotopic (exact) mass is 651 g/mol. The van der Waals surface area contributed by atoms with Gasteiger partial charge in [0.2, 0.25) is 5.88 Å². The Morgan fingerprint density at radius 1 is 1.08 bits per heavy atom. The van der Waals surface area contributed by atoms with Gasteiger partial charge in [-0.15, -0.1) is 0 Å². The highest BCUT2D eigenvalue weighted by Crippen LogP contribution is 2.40. The molecule has 3 aliphatic heterocycles. The number of piperidine rings is 1. The average Bonchev–Trinajstić information content (AvgIpc) is 3.10. The molecule has 2 aromatic carbocycles. The number of nitrogens with zero attached hydrogens (tertiary/aromatic N) is 7. The van der Waals surface area contributed by atoms with Crippen LogP contribution in [0.25, 0.3) is 10.8 Å². The number of likely N-dealkylation sites (tertiary alicyclic amines) is 1. The van der Waals surface area contributed by atoms with E-state index in [4.69, 9.17) is 14.5 Å². The smallest absolute Gasteiger partial charge is 0.282 e. The molecule has 6 rings (SSSR count). The number of hydrogen-bond donors (Lipinski definition) is 0. The van der Waals surface area contributed by atoms with E-state index in [9.17, 15) is 19.7 Å². The number of hydrogen-bond acceptors (Lipinski definition) is 9. The summed E-state index contributed by atoms with van der Waals surface area (Å²) in [6, 6.07) is 16.7. The fraction of sp³-hybridized carbons (Fsp3) is 0.459. The standard InChI is InChI=1S/C37H42FN7O3/c1-25-6-4-7-27-8-5-9-33(34(25)27)43-17-13-30-32(24-43)41-36(48-29-11-15-42(16-12-29)20-21-47-3)31(22-40)35(30)44-18-19-45(37(46)26(2)38)28(23-44)10-14-39/h4-9,28-29H,2,10-13,15-21,23-24H2,1,3H3. The first-order chi connectivity index (χ1) is 23.3. The average molecular weight is 652 g/mol. The van der Waals surface area contributed by atoms with E-state index in [0.29, 0.717) is 37.6 Å². The molecule has 1 amide bonds. The minimum absolute atomic E-state index is 0.0316. The zero-order chi connectivity index (χ0) is 33.8. The second-order valence-electron chi connectivity index (χ2n) is 12.8. The lowest BCUT2D eigenvalue weighted by atomic mass is 9.95. The highest BCUT2D eigenvalue weighted by atomic mass is 19.1. The number of rotatable bonds is 9. The lowest BCUT2D eigenvalue weighted by Gasteiger charge is -2.43. The van der Waals surface area contributed by atoms with Gasteiger partial charge in [0, 0.05) is 69.6 Å². The number of aromatic nitrogens is 1. The molecule has 3 aromatic rings. The molecule has 0 radical (unpaired) electrons. The van der Waals surface area contributed by atoms with E-state index >= 15 is 0 Å². The maximum atomic E-state index is 14.0. The van der Waals surface area contributed by atoms with Crippen LogP contribution in [0.5, 0.6) is 5.88 Å². The lowest BCUT2D eigenvalue weighted by Crippen LogP contribution is -2.55. The number of benzene rings is 2. The number of aryl methyl sites for hydroxylation is 1. The molecule has 48 heavy (non-hydrogen) atoms. The Labute approximate surface area is 281 Å². The van der Waals surface area contributed by atoms with Crippen molar-refractivity contribution >= 4 is 28.1 Å². The predicted octanol–water partition coefficient (Wildman–Crippen LogP) is 4.88. The quantitative estimate of drug-likeness (QED) is 0.299. The summed E-state index contributed by atoms with van der Waals surface area (Å²) in [6.45, 7) is 10.7. The van der Waals surface area contributed by atoms with Gasteiger partial charge in [-0.2, -0.15) is 10.5 Å². The molecule has 0 aliphatic carbocycles. The van der Waals surface area contributed by atoms with Gasteiger partial charge in [0.05, 0.1) is 43.1 Å². The van der Waals surface area contributed by atoms with Crippen LogP contribution in [0, 0.1) is 29.6 Å². The van der Waals surface area contributed by atoms with Gasteiger partial charge in [0.25, 0.3) is 5.91 Å². The maximum Gasteiger partial charge on any atom is 0.282 e. The van der Waals surface area contributed by atoms with Crippen LogP contribution >= 0.6 is 0 Å². The maximum absolute atomic E-state index is 14.0. The van der Waals surface area contributed by atoms with Gasteiger partial charge >= 0.3 is 0 Å². The van der Waals surface area contributed by atoms with Crippen LogP contribution < -0.4 is 14.5 Å². The van der Waals surface area contributed by atoms with Crippen molar-refractivity contribution in [1.82, 2.24) is 14.8 Å². The van der Waals surface area contributed by atoms with Gasteiger partial charge in [0.1, 0.15) is 17.7 Å². The number of fused-ring (bicyclic) bond motifs is 2. The molecule has 0 N–H and O–H groups in total. The minimum Gasteiger partial charge on any atom is -0.473 e. The van der Waals surface area contributed by atoms with Crippen molar-refractivity contribution in [3.05, 3.63) is 71.2 Å². The van der Waals surface area contributed by atoms with Crippen molar-refractivity contribution in [2.24, 2.45) is 0 Å². The largest absolute Gasteiger partial charge is 0.473 e. The molecule has 1 aromatic heterocycles. The third-order valence-electron chi connectivity index (χ3n) is 9.88. The van der Waals surface area contributed by atoms with Gasteiger partial charge in [0.15, 0.2) is 5.83 Å². The van der Waals surface area contributed by atoms with Crippen molar-refractivity contribution < 1.29 is 18.7 Å². The van der Waals surface area contributed by atoms with Crippen molar-refractivity contribution in [3.63, 3.8) is 0 Å². The summed E-state index contributed by atoms with van der Waals surface area (Å²) < 4.78 is 25.8. The summed E-state index contributed by atoms with van der Waals surface area (Å²) in [4.78, 5) is 25.9. The van der Waals surface area contributed by atoms with E-state index in [1.54, 1.807) is 7.11 Å². The Kier molecular flexibility index (Phi) is 10.1. The number of piperazine rings is 1. The van der Waals surface area contributed by atoms with E-state index in [-0.39, 0.29) is 25.6 Å². The molecule has 11 heteroatoms. The molecule has 250 valence electrons. The minimum atomic E-state index is -1.04. The van der Waals surface area contributed by atoms with Crippen LogP contribution in [0.15, 0.2) is 48.8 Å². The molecule has 2 fully saturated rings. The fourth-order valence-corrected chi connectivity index (χ4v) is 7.44. The molecule has 0 spiro atoms. The Balaban J connectivity index is 1.37. The van der Waals surface area contributed by atoms with Crippen molar-refractivity contribution in [1.29, 1.82) is 10.5 Å². The Morgan fingerprint density at radius 3 is 2.56 bits per heavy atom. The number of nitriles is 2. The van der Waals surface area contributed by atoms with Crippen LogP contribution in [0.3, 0.4) is 0 Å². The second-order valence-corrected chi connectivity index (χ2v) is 12.8.